The number of pyridine rings is 3. The van der Waals surface area contributed by atoms with E-state index in [1.807, 2.05) is 12.1 Å². The van der Waals surface area contributed by atoms with Crippen molar-refractivity contribution in [1.29, 1.82) is 0 Å². The number of nitrogens with one attached hydrogen (secondary N) is 2. The predicted octanol–water partition coefficient (Wildman–Crippen LogP) is 1.81. The number of aromatic nitrogens is 3. The van der Waals surface area contributed by atoms with E-state index >= 15 is 0 Å². The number of fused-ring (bicyclic) bond motifs is 2. The van der Waals surface area contributed by atoms with Gasteiger partial charge in [0.15, 0.2) is 0 Å². The van der Waals surface area contributed by atoms with Gasteiger partial charge in [-0.1, -0.05) is 0 Å². The molecule has 0 aromatic carbocycles. The molecule has 0 radical (unpaired) electrons. The lowest BCUT2D eigenvalue weighted by Crippen LogP contribution is -2.45. The van der Waals surface area contributed by atoms with Gasteiger partial charge in [-0.2, -0.15) is 0 Å². The van der Waals surface area contributed by atoms with E-state index in [0.717, 1.165) is 17.0 Å². The Bertz CT molecular complexity index is 1220. The fourth-order valence-electron chi connectivity index (χ4n) is 4.32. The molecule has 0 saturated carbocycles. The fourth-order valence-corrected chi connectivity index (χ4v) is 5.08. The number of methoxy groups -OCH3 is 1. The maximum absolute atomic E-state index is 11.6. The van der Waals surface area contributed by atoms with E-state index < -0.39 is 18.3 Å². The van der Waals surface area contributed by atoms with E-state index in [2.05, 4.69) is 25.6 Å². The third-order valence-corrected chi connectivity index (χ3v) is 7.28. The number of rotatable bonds is 7. The first kappa shape index (κ1) is 23.9. The Kier molecular flexibility index (Phi) is 7.12. The third kappa shape index (κ3) is 5.24. The van der Waals surface area contributed by atoms with Crippen LogP contribution < -0.4 is 15.4 Å². The Morgan fingerprint density at radius 3 is 2.91 bits per heavy atom. The Morgan fingerprint density at radius 2 is 2.11 bits per heavy atom. The molecule has 1 saturated heterocycles. The summed E-state index contributed by atoms with van der Waals surface area (Å²) in [6, 6.07) is 9.13. The van der Waals surface area contributed by atoms with Gasteiger partial charge in [-0.05, 0) is 37.1 Å². The lowest BCUT2D eigenvalue weighted by molar-refractivity contribution is -0.114. The summed E-state index contributed by atoms with van der Waals surface area (Å²) in [7, 11) is 1.52. The van der Waals surface area contributed by atoms with E-state index in [1.54, 1.807) is 24.4 Å². The molecule has 4 N–H and O–H groups in total. The SMILES string of the molecule is COc1ccc2nccc([C@@H](O)[C@H](O)[C@@H]3CC[C@@H](NCc4ccc5c(n4)NC(=O)CS5)CO3)c2n1. The summed E-state index contributed by atoms with van der Waals surface area (Å²) < 4.78 is 11.1. The van der Waals surface area contributed by atoms with Crippen LogP contribution >= 0.6 is 11.8 Å². The third-order valence-electron chi connectivity index (χ3n) is 6.24. The lowest BCUT2D eigenvalue weighted by Gasteiger charge is -2.34. The van der Waals surface area contributed by atoms with Gasteiger partial charge in [-0.15, -0.1) is 11.8 Å². The van der Waals surface area contributed by atoms with E-state index in [0.29, 0.717) is 53.6 Å². The molecule has 2 aliphatic heterocycles. The van der Waals surface area contributed by atoms with Gasteiger partial charge in [0, 0.05) is 30.4 Å². The molecule has 2 aliphatic rings. The van der Waals surface area contributed by atoms with Gasteiger partial charge in [0.1, 0.15) is 18.0 Å². The molecule has 5 rings (SSSR count). The zero-order valence-corrected chi connectivity index (χ0v) is 20.0. The van der Waals surface area contributed by atoms with Crippen LogP contribution in [0.4, 0.5) is 5.82 Å². The molecule has 5 heterocycles. The molecule has 184 valence electrons. The van der Waals surface area contributed by atoms with Crippen LogP contribution in [0.3, 0.4) is 0 Å². The van der Waals surface area contributed by atoms with Crippen LogP contribution in [-0.2, 0) is 16.1 Å². The topological polar surface area (TPSA) is 139 Å². The average Bonchev–Trinajstić information content (AvgIpc) is 2.90. The highest BCUT2D eigenvalue weighted by Gasteiger charge is 2.33. The van der Waals surface area contributed by atoms with Crippen molar-refractivity contribution in [3.63, 3.8) is 0 Å². The summed E-state index contributed by atoms with van der Waals surface area (Å²) in [5, 5.41) is 28.1. The normalized spacial score (nSPS) is 21.7. The van der Waals surface area contributed by atoms with Gasteiger partial charge in [0.25, 0.3) is 0 Å². The Hall–Kier alpha value is -2.83. The molecule has 10 nitrogen and oxygen atoms in total. The van der Waals surface area contributed by atoms with Crippen LogP contribution in [0, 0.1) is 0 Å². The Labute approximate surface area is 206 Å². The van der Waals surface area contributed by atoms with Crippen LogP contribution in [0.15, 0.2) is 41.4 Å². The van der Waals surface area contributed by atoms with Crippen LogP contribution in [0.5, 0.6) is 5.88 Å². The highest BCUT2D eigenvalue weighted by atomic mass is 32.2. The number of thioether (sulfide) groups is 1. The smallest absolute Gasteiger partial charge is 0.235 e. The number of nitrogens with zero attached hydrogens (tertiary/aromatic N) is 3. The fraction of sp³-hybridized carbons (Fsp3) is 0.417. The van der Waals surface area contributed by atoms with Crippen LogP contribution in [0.2, 0.25) is 0 Å². The number of aliphatic hydroxyl groups is 2. The first-order valence-electron chi connectivity index (χ1n) is 11.4. The van der Waals surface area contributed by atoms with Crippen LogP contribution in [0.1, 0.15) is 30.2 Å². The first-order chi connectivity index (χ1) is 17.0. The second kappa shape index (κ2) is 10.4. The summed E-state index contributed by atoms with van der Waals surface area (Å²) in [5.41, 5.74) is 2.41. The zero-order chi connectivity index (χ0) is 24.4. The van der Waals surface area contributed by atoms with Gasteiger partial charge >= 0.3 is 0 Å². The predicted molar refractivity (Wildman–Crippen MR) is 130 cm³/mol. The molecular weight excluding hydrogens is 470 g/mol. The Morgan fingerprint density at radius 1 is 1.23 bits per heavy atom. The van der Waals surface area contributed by atoms with Crippen molar-refractivity contribution in [3.8, 4) is 5.88 Å². The standard InChI is InChI=1S/C24H27N5O5S/c1-33-20-7-4-16-21(29-20)15(8-9-25-16)22(31)23(32)17-5-2-14(11-34-17)26-10-13-3-6-18-24(27-13)28-19(30)12-35-18/h3-4,6-9,14,17,22-23,26,31-32H,2,5,10-12H2,1H3,(H,27,28,30)/t14-,17+,22-,23-/m1/s1. The minimum absolute atomic E-state index is 0.0396. The van der Waals surface area contributed by atoms with Gasteiger partial charge in [-0.25, -0.2) is 9.97 Å². The van der Waals surface area contributed by atoms with E-state index in [1.165, 1.54) is 18.9 Å². The molecule has 35 heavy (non-hydrogen) atoms. The average molecular weight is 498 g/mol. The van der Waals surface area contributed by atoms with Crippen molar-refractivity contribution in [2.75, 3.05) is 24.8 Å². The van der Waals surface area contributed by atoms with Gasteiger partial charge < -0.3 is 30.3 Å². The molecule has 3 aromatic heterocycles. The van der Waals surface area contributed by atoms with Gasteiger partial charge in [-0.3, -0.25) is 9.78 Å². The lowest BCUT2D eigenvalue weighted by atomic mass is 9.94. The number of amides is 1. The quantitative estimate of drug-likeness (QED) is 0.382. The molecule has 0 unspecified atom stereocenters. The summed E-state index contributed by atoms with van der Waals surface area (Å²) in [4.78, 5) is 25.8. The largest absolute Gasteiger partial charge is 0.481 e. The summed E-state index contributed by atoms with van der Waals surface area (Å²) in [5.74, 6) is 1.39. The monoisotopic (exact) mass is 497 g/mol. The second-order valence-corrected chi connectivity index (χ2v) is 9.59. The summed E-state index contributed by atoms with van der Waals surface area (Å²) in [6.45, 7) is 0.934. The number of hydrogen-bond acceptors (Lipinski definition) is 10. The number of aliphatic hydroxyl groups excluding tert-OH is 2. The molecule has 3 aromatic rings. The second-order valence-electron chi connectivity index (χ2n) is 8.57. The maximum Gasteiger partial charge on any atom is 0.235 e. The molecule has 0 bridgehead atoms. The van der Waals surface area contributed by atoms with E-state index in [4.69, 9.17) is 9.47 Å². The molecule has 1 fully saturated rings. The summed E-state index contributed by atoms with van der Waals surface area (Å²) in [6.07, 6.45) is 0.142. The Balaban J connectivity index is 1.17. The first-order valence-corrected chi connectivity index (χ1v) is 12.4. The van der Waals surface area contributed by atoms with Crippen molar-refractivity contribution < 1.29 is 24.5 Å². The van der Waals surface area contributed by atoms with E-state index in [9.17, 15) is 15.0 Å². The maximum atomic E-state index is 11.6. The molecule has 0 aliphatic carbocycles. The van der Waals surface area contributed by atoms with Crippen molar-refractivity contribution in [2.24, 2.45) is 0 Å². The van der Waals surface area contributed by atoms with Gasteiger partial charge in [0.2, 0.25) is 11.8 Å². The number of carbonyl (C=O) groups is 1. The highest BCUT2D eigenvalue weighted by Crippen LogP contribution is 2.31. The van der Waals surface area contributed by atoms with Crippen molar-refractivity contribution in [2.45, 2.75) is 48.6 Å². The molecule has 11 heteroatoms. The number of ether oxygens (including phenoxy) is 2. The van der Waals surface area contributed by atoms with Gasteiger partial charge in [0.05, 0.1) is 47.2 Å². The van der Waals surface area contributed by atoms with Crippen LogP contribution in [-0.4, -0.2) is 68.8 Å². The van der Waals surface area contributed by atoms with Crippen molar-refractivity contribution in [3.05, 3.63) is 47.8 Å². The van der Waals surface area contributed by atoms with Crippen LogP contribution in [0.25, 0.3) is 11.0 Å². The number of hydrogen-bond donors (Lipinski definition) is 4. The van der Waals surface area contributed by atoms with Crippen molar-refractivity contribution >= 4 is 34.5 Å². The number of carbonyl (C=O) groups excluding carboxylic acids is 1. The molecule has 1 amide bonds. The highest BCUT2D eigenvalue weighted by molar-refractivity contribution is 8.00. The minimum Gasteiger partial charge on any atom is -0.481 e. The minimum atomic E-state index is -1.18. The molecule has 0 spiro atoms. The van der Waals surface area contributed by atoms with E-state index in [-0.39, 0.29) is 11.9 Å². The number of anilines is 1. The molecule has 4 atom stereocenters. The zero-order valence-electron chi connectivity index (χ0n) is 19.2. The van der Waals surface area contributed by atoms with Crippen molar-refractivity contribution in [1.82, 2.24) is 20.3 Å². The molecular formula is C24H27N5O5S. The summed E-state index contributed by atoms with van der Waals surface area (Å²) >= 11 is 1.48.